The summed E-state index contributed by atoms with van der Waals surface area (Å²) in [5.41, 5.74) is 4.03. The Kier molecular flexibility index (Phi) is 5.40. The molecule has 0 aliphatic carbocycles. The molecule has 0 bridgehead atoms. The average Bonchev–Trinajstić information content (AvgIpc) is 3.45. The van der Waals surface area contributed by atoms with Crippen molar-refractivity contribution in [1.29, 1.82) is 0 Å². The number of hydrogen-bond acceptors (Lipinski definition) is 7. The lowest BCUT2D eigenvalue weighted by molar-refractivity contribution is 0.0960. The van der Waals surface area contributed by atoms with Crippen LogP contribution in [0.4, 0.5) is 0 Å². The zero-order chi connectivity index (χ0) is 22.3. The molecule has 160 valence electrons. The molecule has 0 atom stereocenters. The summed E-state index contributed by atoms with van der Waals surface area (Å²) in [5.74, 6) is 0.0876. The molecule has 4 aromatic heterocycles. The third kappa shape index (κ3) is 3.86. The van der Waals surface area contributed by atoms with E-state index in [1.807, 2.05) is 38.3 Å². The summed E-state index contributed by atoms with van der Waals surface area (Å²) < 4.78 is 3.39. The fourth-order valence-electron chi connectivity index (χ4n) is 3.62. The van der Waals surface area contributed by atoms with Crippen molar-refractivity contribution in [3.8, 4) is 11.4 Å². The molecule has 31 heavy (non-hydrogen) atoms. The van der Waals surface area contributed by atoms with Crippen LogP contribution in [0.2, 0.25) is 0 Å². The lowest BCUT2D eigenvalue weighted by Gasteiger charge is -2.08. The zero-order valence-corrected chi connectivity index (χ0v) is 18.9. The monoisotopic (exact) mass is 437 g/mol. The van der Waals surface area contributed by atoms with Gasteiger partial charge >= 0.3 is 0 Å². The van der Waals surface area contributed by atoms with Crippen molar-refractivity contribution in [2.24, 2.45) is 7.05 Å². The number of hydrogen-bond donors (Lipinski definition) is 0. The van der Waals surface area contributed by atoms with Gasteiger partial charge in [0.25, 0.3) is 5.56 Å². The van der Waals surface area contributed by atoms with Crippen LogP contribution in [-0.2, 0) is 20.1 Å². The van der Waals surface area contributed by atoms with Gasteiger partial charge in [-0.25, -0.2) is 4.68 Å². The van der Waals surface area contributed by atoms with Gasteiger partial charge in [0.15, 0.2) is 5.78 Å². The zero-order valence-electron chi connectivity index (χ0n) is 18.1. The Bertz CT molecular complexity index is 1330. The predicted octanol–water partition coefficient (Wildman–Crippen LogP) is 2.46. The van der Waals surface area contributed by atoms with Crippen LogP contribution in [0, 0.1) is 27.7 Å². The first-order chi connectivity index (χ1) is 14.8. The normalized spacial score (nSPS) is 11.3. The summed E-state index contributed by atoms with van der Waals surface area (Å²) in [4.78, 5) is 28.0. The molecule has 0 fully saturated rings. The van der Waals surface area contributed by atoms with Gasteiger partial charge in [-0.3, -0.25) is 9.59 Å². The van der Waals surface area contributed by atoms with E-state index in [2.05, 4.69) is 31.1 Å². The highest BCUT2D eigenvalue weighted by Crippen LogP contribution is 2.20. The summed E-state index contributed by atoms with van der Waals surface area (Å²) in [6.07, 6.45) is 0. The molecule has 0 radical (unpaired) electrons. The topological polar surface area (TPSA) is 100 Å². The van der Waals surface area contributed by atoms with E-state index in [0.29, 0.717) is 22.4 Å². The Morgan fingerprint density at radius 3 is 2.65 bits per heavy atom. The van der Waals surface area contributed by atoms with Crippen LogP contribution in [0.5, 0.6) is 0 Å². The molecule has 0 saturated carbocycles. The van der Waals surface area contributed by atoms with Crippen LogP contribution in [-0.4, -0.2) is 40.3 Å². The van der Waals surface area contributed by atoms with E-state index >= 15 is 0 Å². The molecule has 4 heterocycles. The van der Waals surface area contributed by atoms with Gasteiger partial charge in [0, 0.05) is 28.9 Å². The number of carbonyl (C=O) groups excluding carboxylic acids is 1. The van der Waals surface area contributed by atoms with Crippen LogP contribution >= 0.6 is 11.3 Å². The third-order valence-corrected chi connectivity index (χ3v) is 6.32. The summed E-state index contributed by atoms with van der Waals surface area (Å²) in [6, 6.07) is 6.00. The molecular weight excluding hydrogens is 414 g/mol. The maximum Gasteiger partial charge on any atom is 0.278 e. The van der Waals surface area contributed by atoms with Gasteiger partial charge in [0.05, 0.1) is 17.8 Å². The van der Waals surface area contributed by atoms with Crippen molar-refractivity contribution in [2.45, 2.75) is 40.8 Å². The highest BCUT2D eigenvalue weighted by Gasteiger charge is 2.20. The summed E-state index contributed by atoms with van der Waals surface area (Å²) in [5, 5.41) is 18.5. The first-order valence-electron chi connectivity index (χ1n) is 9.81. The molecule has 0 aliphatic rings. The fourth-order valence-corrected chi connectivity index (χ4v) is 4.31. The lowest BCUT2D eigenvalue weighted by atomic mass is 10.1. The first kappa shape index (κ1) is 20.9. The fraction of sp³-hybridized carbons (Fsp3) is 0.333. The smallest absolute Gasteiger partial charge is 0.278 e. The number of thiophene rings is 1. The Balaban J connectivity index is 1.59. The quantitative estimate of drug-likeness (QED) is 0.430. The number of carbonyl (C=O) groups is 1. The van der Waals surface area contributed by atoms with E-state index in [9.17, 15) is 9.59 Å². The van der Waals surface area contributed by atoms with Crippen molar-refractivity contribution < 1.29 is 4.79 Å². The molecule has 0 unspecified atom stereocenters. The second kappa shape index (κ2) is 8.03. The Hall–Kier alpha value is -3.40. The van der Waals surface area contributed by atoms with Crippen molar-refractivity contribution in [2.75, 3.05) is 0 Å². The number of rotatable bonds is 6. The summed E-state index contributed by atoms with van der Waals surface area (Å²) in [6.45, 7) is 8.23. The Morgan fingerprint density at radius 2 is 1.94 bits per heavy atom. The minimum Gasteiger partial charge on any atom is -0.343 e. The van der Waals surface area contributed by atoms with Crippen molar-refractivity contribution in [3.63, 3.8) is 0 Å². The Labute approximate surface area is 183 Å². The number of aryl methyl sites for hydroxylation is 3. The molecule has 0 saturated heterocycles. The van der Waals surface area contributed by atoms with Gasteiger partial charge in [0.2, 0.25) is 5.82 Å². The standard InChI is InChI=1S/C21H23N7O2S/c1-12-9-17(15(4)27(12)10-16-7-6-8-31-16)18(29)11-28-24-20(22-25-28)19-13(2)14(3)23-26(5)21(19)30/h6-9H,10-11H2,1-5H3. The van der Waals surface area contributed by atoms with Crippen LogP contribution in [0.1, 0.15) is 37.9 Å². The first-order valence-corrected chi connectivity index (χ1v) is 10.7. The van der Waals surface area contributed by atoms with E-state index in [4.69, 9.17) is 0 Å². The minimum atomic E-state index is -0.300. The maximum absolute atomic E-state index is 13.0. The largest absolute Gasteiger partial charge is 0.343 e. The summed E-state index contributed by atoms with van der Waals surface area (Å²) in [7, 11) is 1.58. The number of tetrazole rings is 1. The van der Waals surface area contributed by atoms with Gasteiger partial charge < -0.3 is 4.57 Å². The molecule has 10 heteroatoms. The average molecular weight is 438 g/mol. The highest BCUT2D eigenvalue weighted by molar-refractivity contribution is 7.09. The van der Waals surface area contributed by atoms with Crippen LogP contribution < -0.4 is 5.56 Å². The third-order valence-electron chi connectivity index (χ3n) is 5.46. The van der Waals surface area contributed by atoms with Crippen LogP contribution in [0.25, 0.3) is 11.4 Å². The van der Waals surface area contributed by atoms with E-state index in [-0.39, 0.29) is 23.7 Å². The van der Waals surface area contributed by atoms with Crippen molar-refractivity contribution in [1.82, 2.24) is 34.6 Å². The highest BCUT2D eigenvalue weighted by atomic mass is 32.1. The molecular formula is C21H23N7O2S. The summed E-state index contributed by atoms with van der Waals surface area (Å²) >= 11 is 1.69. The molecule has 4 aromatic rings. The van der Waals surface area contributed by atoms with Gasteiger partial charge in [0.1, 0.15) is 6.54 Å². The Morgan fingerprint density at radius 1 is 1.16 bits per heavy atom. The van der Waals surface area contributed by atoms with E-state index < -0.39 is 0 Å². The minimum absolute atomic E-state index is 0.0558. The van der Waals surface area contributed by atoms with Gasteiger partial charge in [-0.2, -0.15) is 9.90 Å². The number of aromatic nitrogens is 7. The number of ketones is 1. The van der Waals surface area contributed by atoms with Gasteiger partial charge in [-0.15, -0.1) is 21.5 Å². The predicted molar refractivity (Wildman–Crippen MR) is 117 cm³/mol. The van der Waals surface area contributed by atoms with Crippen LogP contribution in [0.3, 0.4) is 0 Å². The van der Waals surface area contributed by atoms with Crippen molar-refractivity contribution in [3.05, 3.63) is 67.0 Å². The molecule has 0 aromatic carbocycles. The SMILES string of the molecule is Cc1nn(C)c(=O)c(-c2nnn(CC(=O)c3cc(C)n(Cc4cccs4)c3C)n2)c1C. The molecule has 9 nitrogen and oxygen atoms in total. The molecule has 0 aliphatic heterocycles. The molecule has 0 amide bonds. The number of nitrogens with zero attached hydrogens (tertiary/aromatic N) is 7. The second-order valence-electron chi connectivity index (χ2n) is 7.53. The van der Waals surface area contributed by atoms with Gasteiger partial charge in [-0.05, 0) is 56.0 Å². The van der Waals surface area contributed by atoms with Gasteiger partial charge in [-0.1, -0.05) is 6.07 Å². The molecule has 0 spiro atoms. The van der Waals surface area contributed by atoms with E-state index in [0.717, 1.165) is 17.9 Å². The molecule has 0 N–H and O–H groups in total. The number of Topliss-reactive ketones (excluding diaryl/α,β-unsaturated/α-hetero) is 1. The van der Waals surface area contributed by atoms with E-state index in [1.54, 1.807) is 25.3 Å². The maximum atomic E-state index is 13.0. The van der Waals surface area contributed by atoms with Crippen LogP contribution in [0.15, 0.2) is 28.4 Å². The second-order valence-corrected chi connectivity index (χ2v) is 8.56. The molecule has 4 rings (SSSR count). The lowest BCUT2D eigenvalue weighted by Crippen LogP contribution is -2.24. The van der Waals surface area contributed by atoms with E-state index in [1.165, 1.54) is 14.4 Å². The van der Waals surface area contributed by atoms with Crippen molar-refractivity contribution >= 4 is 17.1 Å².